The predicted molar refractivity (Wildman–Crippen MR) is 70.1 cm³/mol. The Bertz CT molecular complexity index is 376. The Labute approximate surface area is 104 Å². The average Bonchev–Trinajstić information content (AvgIpc) is 2.85. The first-order chi connectivity index (χ1) is 7.35. The van der Waals surface area contributed by atoms with E-state index in [1.54, 1.807) is 5.56 Å². The highest BCUT2D eigenvalue weighted by Gasteiger charge is 2.60. The fourth-order valence-corrected chi connectivity index (χ4v) is 3.13. The second-order valence-corrected chi connectivity index (χ2v) is 4.91. The summed E-state index contributed by atoms with van der Waals surface area (Å²) >= 11 is 0. The summed E-state index contributed by atoms with van der Waals surface area (Å²) in [7, 11) is 0. The number of halogens is 1. The van der Waals surface area contributed by atoms with E-state index in [4.69, 9.17) is 0 Å². The van der Waals surface area contributed by atoms with E-state index in [9.17, 15) is 0 Å². The van der Waals surface area contributed by atoms with Gasteiger partial charge in [0, 0.05) is 25.0 Å². The van der Waals surface area contributed by atoms with Gasteiger partial charge in [0.1, 0.15) is 0 Å². The largest absolute Gasteiger partial charge is 0.298 e. The number of nitrogens with zero attached hydrogens (tertiary/aromatic N) is 1. The lowest BCUT2D eigenvalue weighted by atomic mass is 9.95. The molecule has 0 N–H and O–H groups in total. The van der Waals surface area contributed by atoms with E-state index in [0.717, 1.165) is 12.5 Å². The molecule has 1 aromatic rings. The molecule has 1 heterocycles. The minimum atomic E-state index is 0. The molecule has 2 fully saturated rings. The first kappa shape index (κ1) is 11.7. The van der Waals surface area contributed by atoms with Gasteiger partial charge >= 0.3 is 0 Å². The quantitative estimate of drug-likeness (QED) is 0.729. The van der Waals surface area contributed by atoms with Gasteiger partial charge < -0.3 is 0 Å². The topological polar surface area (TPSA) is 3.24 Å². The van der Waals surface area contributed by atoms with Crippen molar-refractivity contribution in [1.29, 1.82) is 0 Å². The van der Waals surface area contributed by atoms with Gasteiger partial charge in [-0.2, -0.15) is 0 Å². The Kier molecular flexibility index (Phi) is 3.09. The van der Waals surface area contributed by atoms with Crippen LogP contribution in [0, 0.1) is 5.92 Å². The molecule has 1 aliphatic carbocycles. The predicted octanol–water partition coefficient (Wildman–Crippen LogP) is 2.87. The summed E-state index contributed by atoms with van der Waals surface area (Å²) in [6.45, 7) is 7.36. The maximum Gasteiger partial charge on any atom is 0.0161 e. The van der Waals surface area contributed by atoms with Crippen molar-refractivity contribution in [2.24, 2.45) is 5.92 Å². The first-order valence-electron chi connectivity index (χ1n) is 5.74. The zero-order valence-electron chi connectivity index (χ0n) is 9.43. The molecule has 0 amide bonds. The average molecular weight is 236 g/mol. The second-order valence-electron chi connectivity index (χ2n) is 4.91. The summed E-state index contributed by atoms with van der Waals surface area (Å²) in [4.78, 5) is 2.52. The third-order valence-corrected chi connectivity index (χ3v) is 3.95. The molecule has 1 saturated carbocycles. The minimum Gasteiger partial charge on any atom is -0.298 e. The molecule has 2 heteroatoms. The van der Waals surface area contributed by atoms with Crippen LogP contribution in [0.4, 0.5) is 0 Å². The van der Waals surface area contributed by atoms with Crippen molar-refractivity contribution in [3.63, 3.8) is 0 Å². The highest BCUT2D eigenvalue weighted by molar-refractivity contribution is 5.85. The Hall–Kier alpha value is -0.790. The molecule has 86 valence electrons. The van der Waals surface area contributed by atoms with Gasteiger partial charge in [-0.25, -0.2) is 0 Å². The van der Waals surface area contributed by atoms with Crippen LogP contribution in [0.25, 0.3) is 0 Å². The van der Waals surface area contributed by atoms with Gasteiger partial charge in [-0.15, -0.1) is 19.0 Å². The zero-order valence-corrected chi connectivity index (χ0v) is 10.2. The monoisotopic (exact) mass is 235 g/mol. The van der Waals surface area contributed by atoms with Gasteiger partial charge in [0.2, 0.25) is 0 Å². The summed E-state index contributed by atoms with van der Waals surface area (Å²) in [5.41, 5.74) is 2.05. The van der Waals surface area contributed by atoms with Crippen molar-refractivity contribution >= 4 is 12.4 Å². The standard InChI is InChI=1S/C14H17N.ClH/c1-2-8-15-10-13-9-14(13,11-15)12-6-4-3-5-7-12;/h2-7,13H,1,8-11H2;1H. The van der Waals surface area contributed by atoms with E-state index in [2.05, 4.69) is 41.8 Å². The lowest BCUT2D eigenvalue weighted by Crippen LogP contribution is -2.26. The number of fused-ring (bicyclic) bond motifs is 1. The van der Waals surface area contributed by atoms with Crippen molar-refractivity contribution in [1.82, 2.24) is 4.90 Å². The van der Waals surface area contributed by atoms with Crippen LogP contribution in [0.3, 0.4) is 0 Å². The van der Waals surface area contributed by atoms with E-state index >= 15 is 0 Å². The molecule has 2 aliphatic rings. The molecular formula is C14H18ClN. The van der Waals surface area contributed by atoms with Crippen LogP contribution in [-0.4, -0.2) is 24.5 Å². The molecule has 0 spiro atoms. The van der Waals surface area contributed by atoms with Gasteiger partial charge in [-0.05, 0) is 17.9 Å². The van der Waals surface area contributed by atoms with E-state index in [0.29, 0.717) is 5.41 Å². The molecular weight excluding hydrogens is 218 g/mol. The molecule has 1 saturated heterocycles. The van der Waals surface area contributed by atoms with Crippen LogP contribution < -0.4 is 0 Å². The van der Waals surface area contributed by atoms with Crippen molar-refractivity contribution in [2.45, 2.75) is 11.8 Å². The fourth-order valence-electron chi connectivity index (χ4n) is 3.13. The molecule has 1 nitrogen and oxygen atoms in total. The molecule has 0 radical (unpaired) electrons. The SMILES string of the molecule is C=CCN1CC2CC2(c2ccccc2)C1.Cl. The number of piperidine rings is 1. The van der Waals surface area contributed by atoms with Gasteiger partial charge in [-0.3, -0.25) is 4.90 Å². The Balaban J connectivity index is 0.000000963. The smallest absolute Gasteiger partial charge is 0.0161 e. The number of likely N-dealkylation sites (tertiary alicyclic amines) is 1. The summed E-state index contributed by atoms with van der Waals surface area (Å²) in [5, 5.41) is 0. The van der Waals surface area contributed by atoms with E-state index < -0.39 is 0 Å². The van der Waals surface area contributed by atoms with Gasteiger partial charge in [-0.1, -0.05) is 36.4 Å². The lowest BCUT2D eigenvalue weighted by molar-refractivity contribution is 0.330. The van der Waals surface area contributed by atoms with Crippen molar-refractivity contribution in [2.75, 3.05) is 19.6 Å². The molecule has 2 unspecified atom stereocenters. The highest BCUT2D eigenvalue weighted by atomic mass is 35.5. The Morgan fingerprint density at radius 1 is 1.38 bits per heavy atom. The fraction of sp³-hybridized carbons (Fsp3) is 0.429. The molecule has 1 aliphatic heterocycles. The third kappa shape index (κ3) is 1.68. The number of benzene rings is 1. The minimum absolute atomic E-state index is 0. The lowest BCUT2D eigenvalue weighted by Gasteiger charge is -2.19. The maximum atomic E-state index is 3.82. The van der Waals surface area contributed by atoms with Crippen molar-refractivity contribution in [3.8, 4) is 0 Å². The normalized spacial score (nSPS) is 31.6. The molecule has 0 aromatic heterocycles. The molecule has 1 aromatic carbocycles. The summed E-state index contributed by atoms with van der Waals surface area (Å²) in [5.74, 6) is 0.903. The first-order valence-corrected chi connectivity index (χ1v) is 5.74. The van der Waals surface area contributed by atoms with Crippen molar-refractivity contribution < 1.29 is 0 Å². The summed E-state index contributed by atoms with van der Waals surface area (Å²) in [6, 6.07) is 11.0. The molecule has 3 rings (SSSR count). The summed E-state index contributed by atoms with van der Waals surface area (Å²) < 4.78 is 0. The third-order valence-electron chi connectivity index (χ3n) is 3.95. The van der Waals surface area contributed by atoms with Crippen molar-refractivity contribution in [3.05, 3.63) is 48.6 Å². The number of rotatable bonds is 3. The van der Waals surface area contributed by atoms with E-state index in [1.165, 1.54) is 19.5 Å². The van der Waals surface area contributed by atoms with Crippen LogP contribution in [0.15, 0.2) is 43.0 Å². The van der Waals surface area contributed by atoms with Crippen LogP contribution in [0.5, 0.6) is 0 Å². The van der Waals surface area contributed by atoms with Gasteiger partial charge in [0.15, 0.2) is 0 Å². The summed E-state index contributed by atoms with van der Waals surface area (Å²) in [6.07, 6.45) is 3.41. The van der Waals surface area contributed by atoms with Crippen LogP contribution in [0.2, 0.25) is 0 Å². The zero-order chi connectivity index (χ0) is 10.3. The Morgan fingerprint density at radius 2 is 2.12 bits per heavy atom. The maximum absolute atomic E-state index is 3.82. The number of hydrogen-bond donors (Lipinski definition) is 0. The van der Waals surface area contributed by atoms with Crippen LogP contribution in [0.1, 0.15) is 12.0 Å². The highest BCUT2D eigenvalue weighted by Crippen LogP contribution is 2.58. The van der Waals surface area contributed by atoms with Crippen LogP contribution in [-0.2, 0) is 5.41 Å². The molecule has 0 bridgehead atoms. The van der Waals surface area contributed by atoms with Gasteiger partial charge in [0.05, 0.1) is 0 Å². The molecule has 16 heavy (non-hydrogen) atoms. The van der Waals surface area contributed by atoms with Gasteiger partial charge in [0.25, 0.3) is 0 Å². The van der Waals surface area contributed by atoms with E-state index in [-0.39, 0.29) is 12.4 Å². The second kappa shape index (κ2) is 4.23. The molecule has 2 atom stereocenters. The number of hydrogen-bond acceptors (Lipinski definition) is 1. The van der Waals surface area contributed by atoms with E-state index in [1.807, 2.05) is 6.08 Å². The van der Waals surface area contributed by atoms with Crippen LogP contribution >= 0.6 is 12.4 Å². The Morgan fingerprint density at radius 3 is 2.81 bits per heavy atom.